The van der Waals surface area contributed by atoms with E-state index < -0.39 is 0 Å². The van der Waals surface area contributed by atoms with Gasteiger partial charge in [0, 0.05) is 5.39 Å². The zero-order chi connectivity index (χ0) is 19.0. The van der Waals surface area contributed by atoms with Crippen molar-refractivity contribution in [3.63, 3.8) is 0 Å². The highest BCUT2D eigenvalue weighted by atomic mass is 32.2. The zero-order valence-electron chi connectivity index (χ0n) is 14.6. The smallest absolute Gasteiger partial charge is 0.263 e. The summed E-state index contributed by atoms with van der Waals surface area (Å²) in [5, 5.41) is 3.62. The average molecular weight is 393 g/mol. The molecule has 0 bridgehead atoms. The lowest BCUT2D eigenvalue weighted by molar-refractivity contribution is -0.115. The Balaban J connectivity index is 1.75. The average Bonchev–Trinajstić information content (AvgIpc) is 2.97. The van der Waals surface area contributed by atoms with Crippen molar-refractivity contribution in [2.75, 3.05) is 7.11 Å². The van der Waals surface area contributed by atoms with Gasteiger partial charge in [-0.2, -0.15) is 0 Å². The molecule has 0 atom stereocenters. The summed E-state index contributed by atoms with van der Waals surface area (Å²) in [6.45, 7) is 2.01. The molecule has 134 valence electrons. The van der Waals surface area contributed by atoms with E-state index in [4.69, 9.17) is 21.9 Å². The highest BCUT2D eigenvalue weighted by Crippen LogP contribution is 2.28. The monoisotopic (exact) mass is 393 g/mol. The molecule has 27 heavy (non-hydrogen) atoms. The molecule has 1 saturated heterocycles. The first kappa shape index (κ1) is 17.6. The summed E-state index contributed by atoms with van der Waals surface area (Å²) >= 11 is 6.27. The minimum Gasteiger partial charge on any atom is -0.497 e. The summed E-state index contributed by atoms with van der Waals surface area (Å²) in [6.07, 6.45) is 1.74. The van der Waals surface area contributed by atoms with E-state index in [-0.39, 0.29) is 5.91 Å². The van der Waals surface area contributed by atoms with Gasteiger partial charge in [0.15, 0.2) is 0 Å². The molecule has 1 fully saturated rings. The number of benzene rings is 1. The summed E-state index contributed by atoms with van der Waals surface area (Å²) in [4.78, 5) is 21.8. The number of nitrogens with zero attached hydrogens (tertiary/aromatic N) is 2. The lowest BCUT2D eigenvalue weighted by atomic mass is 10.1. The number of fused-ring (bicyclic) bond motifs is 1. The number of aryl methyl sites for hydroxylation is 1. The summed E-state index contributed by atoms with van der Waals surface area (Å²) in [5.41, 5.74) is 4.14. The van der Waals surface area contributed by atoms with Crippen molar-refractivity contribution in [2.24, 2.45) is 0 Å². The van der Waals surface area contributed by atoms with E-state index in [0.717, 1.165) is 33.6 Å². The highest BCUT2D eigenvalue weighted by Gasteiger charge is 2.22. The van der Waals surface area contributed by atoms with Crippen molar-refractivity contribution in [3.8, 4) is 17.1 Å². The van der Waals surface area contributed by atoms with Crippen LogP contribution >= 0.6 is 24.0 Å². The number of rotatable bonds is 3. The maximum atomic E-state index is 11.9. The first-order chi connectivity index (χ1) is 13.0. The Labute approximate surface area is 165 Å². The van der Waals surface area contributed by atoms with Crippen molar-refractivity contribution in [1.29, 1.82) is 0 Å². The molecule has 0 unspecified atom stereocenters. The number of aromatic nitrogens is 2. The summed E-state index contributed by atoms with van der Waals surface area (Å²) in [7, 11) is 1.65. The van der Waals surface area contributed by atoms with Crippen LogP contribution in [0.3, 0.4) is 0 Å². The molecule has 4 rings (SSSR count). The Bertz CT molecular complexity index is 1130. The fourth-order valence-corrected chi connectivity index (χ4v) is 3.89. The number of nitrogens with one attached hydrogen (secondary N) is 1. The molecular formula is C20H15N3O2S2. The zero-order valence-corrected chi connectivity index (χ0v) is 16.3. The SMILES string of the molecule is COc1ccc2nc(-c3cccc(/C=C4\SC(=S)NC4=O)n3)c(C)cc2c1. The van der Waals surface area contributed by atoms with E-state index in [0.29, 0.717) is 14.9 Å². The standard InChI is InChI=1S/C20H15N3O2S2/c1-11-8-12-9-14(25-2)6-7-15(12)22-18(11)16-5-3-4-13(21-16)10-17-19(24)23-20(26)27-17/h3-10H,1-2H3,(H,23,24,26)/b17-10-. The molecule has 3 aromatic rings. The molecule has 1 amide bonds. The van der Waals surface area contributed by atoms with Gasteiger partial charge in [-0.1, -0.05) is 30.0 Å². The quantitative estimate of drug-likeness (QED) is 0.534. The molecule has 0 spiro atoms. The first-order valence-electron chi connectivity index (χ1n) is 8.21. The van der Waals surface area contributed by atoms with Crippen molar-refractivity contribution in [2.45, 2.75) is 6.92 Å². The molecule has 2 aromatic heterocycles. The van der Waals surface area contributed by atoms with E-state index >= 15 is 0 Å². The number of carbonyl (C=O) groups excluding carboxylic acids is 1. The van der Waals surface area contributed by atoms with Crippen LogP contribution in [0.5, 0.6) is 5.75 Å². The molecule has 3 heterocycles. The van der Waals surface area contributed by atoms with Crippen LogP contribution < -0.4 is 10.1 Å². The molecule has 1 N–H and O–H groups in total. The Kier molecular flexibility index (Phi) is 4.63. The van der Waals surface area contributed by atoms with Crippen LogP contribution in [0.2, 0.25) is 0 Å². The van der Waals surface area contributed by atoms with Crippen LogP contribution in [0.4, 0.5) is 0 Å². The fourth-order valence-electron chi connectivity index (χ4n) is 2.87. The number of carbonyl (C=O) groups is 1. The minimum absolute atomic E-state index is 0.189. The number of amides is 1. The van der Waals surface area contributed by atoms with Crippen molar-refractivity contribution in [3.05, 3.63) is 58.6 Å². The second-order valence-corrected chi connectivity index (χ2v) is 7.73. The van der Waals surface area contributed by atoms with Gasteiger partial charge >= 0.3 is 0 Å². The Morgan fingerprint density at radius 1 is 1.19 bits per heavy atom. The Hall–Kier alpha value is -2.77. The number of hydrogen-bond acceptors (Lipinski definition) is 6. The van der Waals surface area contributed by atoms with Crippen molar-refractivity contribution in [1.82, 2.24) is 15.3 Å². The van der Waals surface area contributed by atoms with E-state index in [1.807, 2.05) is 43.3 Å². The molecule has 7 heteroatoms. The molecule has 5 nitrogen and oxygen atoms in total. The van der Waals surface area contributed by atoms with Crippen LogP contribution in [-0.2, 0) is 4.79 Å². The number of thiocarbonyl (C=S) groups is 1. The second kappa shape index (κ2) is 7.09. The van der Waals surface area contributed by atoms with Crippen molar-refractivity contribution < 1.29 is 9.53 Å². The maximum Gasteiger partial charge on any atom is 0.263 e. The van der Waals surface area contributed by atoms with Crippen molar-refractivity contribution >= 4 is 51.2 Å². The maximum absolute atomic E-state index is 11.9. The fraction of sp³-hybridized carbons (Fsp3) is 0.100. The van der Waals surface area contributed by atoms with Gasteiger partial charge in [0.1, 0.15) is 10.1 Å². The van der Waals surface area contributed by atoms with Gasteiger partial charge in [-0.15, -0.1) is 0 Å². The lowest BCUT2D eigenvalue weighted by Gasteiger charge is -2.09. The third-order valence-electron chi connectivity index (χ3n) is 4.15. The normalized spacial score (nSPS) is 15.4. The third kappa shape index (κ3) is 3.56. The largest absolute Gasteiger partial charge is 0.497 e. The molecule has 1 aliphatic heterocycles. The molecule has 0 saturated carbocycles. The summed E-state index contributed by atoms with van der Waals surface area (Å²) < 4.78 is 5.74. The van der Waals surface area contributed by atoms with Gasteiger partial charge in [0.25, 0.3) is 5.91 Å². The predicted octanol–water partition coefficient (Wildman–Crippen LogP) is 4.10. The van der Waals surface area contributed by atoms with Crippen LogP contribution in [0.15, 0.2) is 47.4 Å². The Morgan fingerprint density at radius 2 is 2.04 bits per heavy atom. The van der Waals surface area contributed by atoms with Gasteiger partial charge in [0.05, 0.1) is 34.6 Å². The molecule has 1 aromatic carbocycles. The molecule has 1 aliphatic rings. The number of methoxy groups -OCH3 is 1. The van der Waals surface area contributed by atoms with Gasteiger partial charge in [-0.25, -0.2) is 9.97 Å². The van der Waals surface area contributed by atoms with E-state index in [1.54, 1.807) is 13.2 Å². The minimum atomic E-state index is -0.189. The number of hydrogen-bond donors (Lipinski definition) is 1. The molecule has 0 radical (unpaired) electrons. The summed E-state index contributed by atoms with van der Waals surface area (Å²) in [6, 6.07) is 13.5. The number of ether oxygens (including phenoxy) is 1. The van der Waals surface area contributed by atoms with Gasteiger partial charge in [-0.3, -0.25) is 4.79 Å². The lowest BCUT2D eigenvalue weighted by Crippen LogP contribution is -2.17. The Morgan fingerprint density at radius 3 is 2.78 bits per heavy atom. The van der Waals surface area contributed by atoms with Gasteiger partial charge in [0.2, 0.25) is 0 Å². The van der Waals surface area contributed by atoms with Crippen LogP contribution in [0.1, 0.15) is 11.3 Å². The van der Waals surface area contributed by atoms with E-state index in [9.17, 15) is 4.79 Å². The summed E-state index contributed by atoms with van der Waals surface area (Å²) in [5.74, 6) is 0.611. The number of pyridine rings is 2. The van der Waals surface area contributed by atoms with Gasteiger partial charge < -0.3 is 10.1 Å². The first-order valence-corrected chi connectivity index (χ1v) is 9.43. The second-order valence-electron chi connectivity index (χ2n) is 6.01. The molecular weight excluding hydrogens is 378 g/mol. The van der Waals surface area contributed by atoms with E-state index in [2.05, 4.69) is 16.4 Å². The van der Waals surface area contributed by atoms with Crippen LogP contribution in [-0.4, -0.2) is 27.3 Å². The molecule has 0 aliphatic carbocycles. The number of thioether (sulfide) groups is 1. The predicted molar refractivity (Wildman–Crippen MR) is 113 cm³/mol. The topological polar surface area (TPSA) is 64.1 Å². The van der Waals surface area contributed by atoms with Crippen LogP contribution in [0.25, 0.3) is 28.4 Å². The highest BCUT2D eigenvalue weighted by molar-refractivity contribution is 8.26. The third-order valence-corrected chi connectivity index (χ3v) is 5.31. The van der Waals surface area contributed by atoms with Gasteiger partial charge in [-0.05, 0) is 55.0 Å². The van der Waals surface area contributed by atoms with E-state index in [1.165, 1.54) is 11.8 Å². The van der Waals surface area contributed by atoms with Crippen LogP contribution in [0, 0.1) is 6.92 Å².